The highest BCUT2D eigenvalue weighted by molar-refractivity contribution is 7.14. The predicted octanol–water partition coefficient (Wildman–Crippen LogP) is 6.32. The molecule has 0 unspecified atom stereocenters. The van der Waals surface area contributed by atoms with Crippen LogP contribution in [0.3, 0.4) is 0 Å². The molecular weight excluding hydrogens is 548 g/mol. The summed E-state index contributed by atoms with van der Waals surface area (Å²) >= 11 is 1.60. The summed E-state index contributed by atoms with van der Waals surface area (Å²) in [5, 5.41) is 21.7. The van der Waals surface area contributed by atoms with Crippen LogP contribution < -0.4 is 9.64 Å². The number of benzene rings is 2. The van der Waals surface area contributed by atoms with Gasteiger partial charge in [-0.3, -0.25) is 9.59 Å². The highest BCUT2D eigenvalue weighted by atomic mass is 32.1. The number of hydrogen-bond acceptors (Lipinski definition) is 7. The summed E-state index contributed by atoms with van der Waals surface area (Å²) in [7, 11) is 0. The lowest BCUT2D eigenvalue weighted by molar-refractivity contribution is -0.148. The number of hydrogen-bond donors (Lipinski definition) is 1. The molecular formula is C33H38N4O4S. The molecule has 3 aromatic rings. The van der Waals surface area contributed by atoms with Crippen LogP contribution >= 0.6 is 11.3 Å². The number of carbonyl (C=O) groups is 2. The van der Waals surface area contributed by atoms with E-state index in [2.05, 4.69) is 29.3 Å². The Hall–Kier alpha value is -3.90. The van der Waals surface area contributed by atoms with Gasteiger partial charge < -0.3 is 19.6 Å². The molecule has 220 valence electrons. The minimum atomic E-state index is -0.652. The standard InChI is InChI=1S/C33H38N4O4S/c1-4-36(14-6-13-34)31(38)23-10-11-26(22(3)16-23)19-41-29-12-9-21(2)15-27(29)28-20-42-33(35-28)37-17-24-7-5-8-25(18-37)30(24)32(39)40/h9-12,15-16,20,24-25,30H,4-8,14,17-19H2,1-3H3,(H,39,40)/t24-,25+,30+. The van der Waals surface area contributed by atoms with Gasteiger partial charge in [0.05, 0.1) is 24.1 Å². The van der Waals surface area contributed by atoms with Crippen LogP contribution in [0.5, 0.6) is 5.75 Å². The van der Waals surface area contributed by atoms with Gasteiger partial charge in [-0.1, -0.05) is 24.1 Å². The second-order valence-electron chi connectivity index (χ2n) is 11.5. The van der Waals surface area contributed by atoms with Crippen molar-refractivity contribution in [1.29, 1.82) is 5.26 Å². The highest BCUT2D eigenvalue weighted by Gasteiger charge is 2.44. The first kappa shape index (κ1) is 29.6. The average molecular weight is 587 g/mol. The van der Waals surface area contributed by atoms with Crippen LogP contribution in [0.2, 0.25) is 0 Å². The van der Waals surface area contributed by atoms with E-state index in [1.54, 1.807) is 16.2 Å². The number of carboxylic acids is 1. The number of piperidine rings is 1. The third-order valence-corrected chi connectivity index (χ3v) is 9.57. The summed E-state index contributed by atoms with van der Waals surface area (Å²) in [6.07, 6.45) is 3.35. The molecule has 1 aliphatic carbocycles. The van der Waals surface area contributed by atoms with Crippen molar-refractivity contribution in [2.75, 3.05) is 31.1 Å². The summed E-state index contributed by atoms with van der Waals surface area (Å²) in [6, 6.07) is 13.9. The lowest BCUT2D eigenvalue weighted by atomic mass is 9.69. The van der Waals surface area contributed by atoms with Crippen LogP contribution in [0, 0.1) is 42.9 Å². The van der Waals surface area contributed by atoms with Gasteiger partial charge >= 0.3 is 5.97 Å². The van der Waals surface area contributed by atoms with E-state index in [1.807, 2.05) is 44.2 Å². The molecule has 3 atom stereocenters. The summed E-state index contributed by atoms with van der Waals surface area (Å²) in [5.41, 5.74) is 5.47. The minimum Gasteiger partial charge on any atom is -0.488 e. The molecule has 1 N–H and O–H groups in total. The maximum Gasteiger partial charge on any atom is 0.307 e. The van der Waals surface area contributed by atoms with Crippen LogP contribution in [0.25, 0.3) is 11.3 Å². The molecule has 1 aliphatic heterocycles. The quantitative estimate of drug-likeness (QED) is 0.296. The van der Waals surface area contributed by atoms with Crippen LogP contribution in [0.4, 0.5) is 5.13 Å². The summed E-state index contributed by atoms with van der Waals surface area (Å²) < 4.78 is 6.35. The van der Waals surface area contributed by atoms with Gasteiger partial charge in [-0.2, -0.15) is 5.26 Å². The fourth-order valence-electron chi connectivity index (χ4n) is 6.42. The molecule has 5 rings (SSSR count). The first-order valence-corrected chi connectivity index (χ1v) is 15.6. The molecule has 2 heterocycles. The van der Waals surface area contributed by atoms with Crippen molar-refractivity contribution in [2.45, 2.75) is 53.1 Å². The van der Waals surface area contributed by atoms with Crippen molar-refractivity contribution in [2.24, 2.45) is 17.8 Å². The third-order valence-electron chi connectivity index (χ3n) is 8.67. The molecule has 2 fully saturated rings. The highest BCUT2D eigenvalue weighted by Crippen LogP contribution is 2.43. The number of amides is 1. The first-order chi connectivity index (χ1) is 20.3. The number of aryl methyl sites for hydroxylation is 2. The number of aromatic nitrogens is 1. The van der Waals surface area contributed by atoms with E-state index in [0.29, 0.717) is 31.7 Å². The van der Waals surface area contributed by atoms with E-state index < -0.39 is 5.97 Å². The van der Waals surface area contributed by atoms with Crippen molar-refractivity contribution >= 4 is 28.3 Å². The number of thiazole rings is 1. The molecule has 2 bridgehead atoms. The summed E-state index contributed by atoms with van der Waals surface area (Å²) in [4.78, 5) is 33.8. The first-order valence-electron chi connectivity index (χ1n) is 14.7. The number of carboxylic acid groups (broad SMARTS) is 1. The van der Waals surface area contributed by atoms with Gasteiger partial charge in [-0.25, -0.2) is 4.98 Å². The van der Waals surface area contributed by atoms with Crippen molar-refractivity contribution in [3.8, 4) is 23.1 Å². The Morgan fingerprint density at radius 1 is 1.17 bits per heavy atom. The normalized spacial score (nSPS) is 19.7. The topological polar surface area (TPSA) is 107 Å². The number of carbonyl (C=O) groups excluding carboxylic acids is 1. The largest absolute Gasteiger partial charge is 0.488 e. The van der Waals surface area contributed by atoms with Crippen molar-refractivity contribution < 1.29 is 19.4 Å². The van der Waals surface area contributed by atoms with E-state index in [9.17, 15) is 14.7 Å². The summed E-state index contributed by atoms with van der Waals surface area (Å²) in [5.74, 6) is 0.128. The monoisotopic (exact) mass is 586 g/mol. The number of fused-ring (bicyclic) bond motifs is 2. The van der Waals surface area contributed by atoms with E-state index in [0.717, 1.165) is 71.2 Å². The Kier molecular flexibility index (Phi) is 9.12. The second kappa shape index (κ2) is 13.0. The van der Waals surface area contributed by atoms with Gasteiger partial charge in [0.25, 0.3) is 5.91 Å². The zero-order valence-corrected chi connectivity index (χ0v) is 25.3. The SMILES string of the molecule is CCN(CCC#N)C(=O)c1ccc(COc2ccc(C)cc2-c2csc(N3C[C@H]4CCC[C@@H](C3)[C@H]4C(=O)O)n2)c(C)c1. The van der Waals surface area contributed by atoms with Crippen LogP contribution in [0.1, 0.15) is 59.7 Å². The van der Waals surface area contributed by atoms with Crippen molar-refractivity contribution in [3.05, 3.63) is 64.0 Å². The van der Waals surface area contributed by atoms with E-state index >= 15 is 0 Å². The number of aliphatic carboxylic acids is 1. The van der Waals surface area contributed by atoms with Crippen LogP contribution in [-0.2, 0) is 11.4 Å². The van der Waals surface area contributed by atoms with E-state index in [4.69, 9.17) is 15.0 Å². The second-order valence-corrected chi connectivity index (χ2v) is 12.3. The van der Waals surface area contributed by atoms with Crippen LogP contribution in [0.15, 0.2) is 41.8 Å². The third kappa shape index (κ3) is 6.29. The molecule has 0 radical (unpaired) electrons. The Morgan fingerprint density at radius 3 is 2.60 bits per heavy atom. The molecule has 0 spiro atoms. The van der Waals surface area contributed by atoms with Gasteiger partial charge in [0.2, 0.25) is 0 Å². The maximum atomic E-state index is 12.9. The minimum absolute atomic E-state index is 0.0701. The van der Waals surface area contributed by atoms with E-state index in [1.165, 1.54) is 0 Å². The maximum absolute atomic E-state index is 12.9. The molecule has 2 aromatic carbocycles. The molecule has 9 heteroatoms. The van der Waals surface area contributed by atoms with Gasteiger partial charge in [0.15, 0.2) is 5.13 Å². The number of nitriles is 1. The smallest absolute Gasteiger partial charge is 0.307 e. The lowest BCUT2D eigenvalue weighted by Gasteiger charge is -2.45. The number of anilines is 1. The zero-order chi connectivity index (χ0) is 29.8. The average Bonchev–Trinajstić information content (AvgIpc) is 3.47. The van der Waals surface area contributed by atoms with Gasteiger partial charge in [0.1, 0.15) is 12.4 Å². The van der Waals surface area contributed by atoms with Crippen molar-refractivity contribution in [1.82, 2.24) is 9.88 Å². The molecule has 8 nitrogen and oxygen atoms in total. The number of ether oxygens (including phenoxy) is 1. The molecule has 1 aromatic heterocycles. The van der Waals surface area contributed by atoms with Gasteiger partial charge in [-0.05, 0) is 80.8 Å². The Bertz CT molecular complexity index is 1480. The molecule has 1 saturated heterocycles. The fraction of sp³-hybridized carbons (Fsp3) is 0.455. The van der Waals surface area contributed by atoms with Crippen molar-refractivity contribution in [3.63, 3.8) is 0 Å². The Morgan fingerprint density at radius 2 is 1.93 bits per heavy atom. The van der Waals surface area contributed by atoms with Gasteiger partial charge in [0, 0.05) is 42.7 Å². The molecule has 1 amide bonds. The summed E-state index contributed by atoms with van der Waals surface area (Å²) in [6.45, 7) is 8.76. The van der Waals surface area contributed by atoms with Gasteiger partial charge in [-0.15, -0.1) is 11.3 Å². The Balaban J connectivity index is 1.30. The zero-order valence-electron chi connectivity index (χ0n) is 24.5. The number of nitrogens with zero attached hydrogens (tertiary/aromatic N) is 4. The molecule has 1 saturated carbocycles. The number of rotatable bonds is 10. The van der Waals surface area contributed by atoms with E-state index in [-0.39, 0.29) is 23.7 Å². The predicted molar refractivity (Wildman–Crippen MR) is 164 cm³/mol. The Labute approximate surface area is 251 Å². The fourth-order valence-corrected chi connectivity index (χ4v) is 7.26. The molecule has 2 aliphatic rings. The lowest BCUT2D eigenvalue weighted by Crippen LogP contribution is -2.51. The van der Waals surface area contributed by atoms with Crippen LogP contribution in [-0.4, -0.2) is 53.0 Å². The molecule has 42 heavy (non-hydrogen) atoms.